The van der Waals surface area contributed by atoms with Gasteiger partial charge in [0.1, 0.15) is 0 Å². The highest BCUT2D eigenvalue weighted by molar-refractivity contribution is 14.1. The van der Waals surface area contributed by atoms with Gasteiger partial charge in [0.05, 0.1) is 11.3 Å². The van der Waals surface area contributed by atoms with Crippen LogP contribution in [0.2, 0.25) is 0 Å². The summed E-state index contributed by atoms with van der Waals surface area (Å²) in [6.45, 7) is 2.82. The van der Waals surface area contributed by atoms with Gasteiger partial charge in [0.25, 0.3) is 0 Å². The first kappa shape index (κ1) is 13.3. The van der Waals surface area contributed by atoms with Crippen LogP contribution in [0.15, 0.2) is 33.9 Å². The van der Waals surface area contributed by atoms with Crippen LogP contribution in [0.5, 0.6) is 0 Å². The first-order chi connectivity index (χ1) is 8.65. The molecule has 0 spiro atoms. The molecule has 2 aromatic rings. The maximum absolute atomic E-state index is 11.6. The smallest absolute Gasteiger partial charge is 0.250 e. The van der Waals surface area contributed by atoms with Crippen molar-refractivity contribution in [1.82, 2.24) is 0 Å². The van der Waals surface area contributed by atoms with Gasteiger partial charge in [0.2, 0.25) is 10.9 Å². The molecule has 0 saturated carbocycles. The van der Waals surface area contributed by atoms with Gasteiger partial charge in [0.15, 0.2) is 0 Å². The van der Waals surface area contributed by atoms with Crippen LogP contribution in [-0.2, 0) is 0 Å². The zero-order chi connectivity index (χ0) is 13.1. The molecule has 0 amide bonds. The predicted molar refractivity (Wildman–Crippen MR) is 82.9 cm³/mol. The van der Waals surface area contributed by atoms with Crippen molar-refractivity contribution in [2.75, 3.05) is 11.9 Å². The molecule has 18 heavy (non-hydrogen) atoms. The van der Waals surface area contributed by atoms with E-state index >= 15 is 0 Å². The van der Waals surface area contributed by atoms with E-state index in [9.17, 15) is 9.59 Å². The van der Waals surface area contributed by atoms with Crippen LogP contribution >= 0.6 is 22.6 Å². The summed E-state index contributed by atoms with van der Waals surface area (Å²) in [5.41, 5.74) is 1.07. The van der Waals surface area contributed by atoms with E-state index in [0.717, 1.165) is 28.5 Å². The maximum atomic E-state index is 11.6. The highest BCUT2D eigenvalue weighted by atomic mass is 127. The van der Waals surface area contributed by atoms with E-state index in [0.29, 0.717) is 11.3 Å². The number of halogens is 1. The van der Waals surface area contributed by atoms with Crippen LogP contribution in [0, 0.1) is 3.57 Å². The van der Waals surface area contributed by atoms with E-state index < -0.39 is 0 Å². The van der Waals surface area contributed by atoms with Crippen molar-refractivity contribution in [1.29, 1.82) is 0 Å². The number of benzene rings is 1. The van der Waals surface area contributed by atoms with Gasteiger partial charge in [0, 0.05) is 10.1 Å². The summed E-state index contributed by atoms with van der Waals surface area (Å²) in [6.07, 6.45) is 2.05. The molecule has 0 unspecified atom stereocenters. The zero-order valence-electron chi connectivity index (χ0n) is 10.1. The number of hydrogen-bond acceptors (Lipinski definition) is 3. The molecule has 0 saturated heterocycles. The Morgan fingerprint density at radius 3 is 2.39 bits per heavy atom. The highest BCUT2D eigenvalue weighted by Crippen LogP contribution is 2.24. The molecule has 1 N–H and O–H groups in total. The van der Waals surface area contributed by atoms with Gasteiger partial charge in [-0.3, -0.25) is 9.59 Å². The van der Waals surface area contributed by atoms with Crippen LogP contribution in [0.1, 0.15) is 19.8 Å². The van der Waals surface area contributed by atoms with Crippen molar-refractivity contribution in [2.45, 2.75) is 19.8 Å². The van der Waals surface area contributed by atoms with Gasteiger partial charge in [-0.2, -0.15) is 0 Å². The van der Waals surface area contributed by atoms with Gasteiger partial charge < -0.3 is 5.32 Å². The summed E-state index contributed by atoms with van der Waals surface area (Å²) in [4.78, 5) is 23.2. The second-order valence-corrected chi connectivity index (χ2v) is 5.44. The Morgan fingerprint density at radius 2 is 1.78 bits per heavy atom. The Kier molecular flexibility index (Phi) is 4.16. The maximum Gasteiger partial charge on any atom is 0.250 e. The summed E-state index contributed by atoms with van der Waals surface area (Å²) in [5, 5.41) is 3.07. The fourth-order valence-corrected chi connectivity index (χ4v) is 2.20. The standard InChI is InChI=1S/C14H14INO2/c1-2-3-8-16-12-11(13(17)14(12)18)9-4-6-10(15)7-5-9/h4-7,16H,2-3,8H2,1H3. The molecule has 94 valence electrons. The van der Waals surface area contributed by atoms with Gasteiger partial charge >= 0.3 is 0 Å². The Hall–Kier alpha value is -1.17. The third kappa shape index (κ3) is 2.48. The molecular weight excluding hydrogens is 341 g/mol. The van der Waals surface area contributed by atoms with E-state index in [1.54, 1.807) is 0 Å². The van der Waals surface area contributed by atoms with Crippen LogP contribution in [-0.4, -0.2) is 6.54 Å². The zero-order valence-corrected chi connectivity index (χ0v) is 12.3. The minimum Gasteiger partial charge on any atom is -0.381 e. The molecule has 0 fully saturated rings. The molecule has 4 heteroatoms. The third-order valence-electron chi connectivity index (χ3n) is 2.88. The number of rotatable bonds is 5. The average Bonchev–Trinajstić information content (AvgIpc) is 2.39. The van der Waals surface area contributed by atoms with Crippen molar-refractivity contribution >= 4 is 28.3 Å². The summed E-state index contributed by atoms with van der Waals surface area (Å²) in [5.74, 6) is 0. The number of unbranched alkanes of at least 4 members (excludes halogenated alkanes) is 1. The van der Waals surface area contributed by atoms with Gasteiger partial charge in [-0.15, -0.1) is 0 Å². The lowest BCUT2D eigenvalue weighted by Gasteiger charge is -2.13. The van der Waals surface area contributed by atoms with E-state index in [2.05, 4.69) is 34.8 Å². The van der Waals surface area contributed by atoms with E-state index in [-0.39, 0.29) is 10.9 Å². The molecule has 2 rings (SSSR count). The molecular formula is C14H14INO2. The van der Waals surface area contributed by atoms with Gasteiger partial charge in [-0.25, -0.2) is 0 Å². The Bertz CT molecular complexity index is 610. The van der Waals surface area contributed by atoms with Crippen molar-refractivity contribution < 1.29 is 0 Å². The molecule has 3 nitrogen and oxygen atoms in total. The lowest BCUT2D eigenvalue weighted by Crippen LogP contribution is -2.36. The molecule has 0 aliphatic rings. The van der Waals surface area contributed by atoms with Crippen LogP contribution < -0.4 is 16.2 Å². The van der Waals surface area contributed by atoms with E-state index in [4.69, 9.17) is 0 Å². The Labute approximate surface area is 119 Å². The van der Waals surface area contributed by atoms with Gasteiger partial charge in [-0.1, -0.05) is 25.5 Å². The summed E-state index contributed by atoms with van der Waals surface area (Å²) < 4.78 is 1.11. The lowest BCUT2D eigenvalue weighted by atomic mass is 9.98. The second-order valence-electron chi connectivity index (χ2n) is 4.20. The first-order valence-corrected chi connectivity index (χ1v) is 7.06. The molecule has 0 aromatic heterocycles. The SMILES string of the molecule is CCCCNc1c(-c2ccc(I)cc2)c(=O)c1=O. The summed E-state index contributed by atoms with van der Waals surface area (Å²) in [7, 11) is 0. The van der Waals surface area contributed by atoms with Crippen LogP contribution in [0.3, 0.4) is 0 Å². The quantitative estimate of drug-likeness (QED) is 0.510. The van der Waals surface area contributed by atoms with Crippen LogP contribution in [0.4, 0.5) is 5.69 Å². The molecule has 0 heterocycles. The minimum atomic E-state index is -0.389. The van der Waals surface area contributed by atoms with Crippen molar-refractivity contribution in [3.63, 3.8) is 0 Å². The normalized spacial score (nSPS) is 10.8. The van der Waals surface area contributed by atoms with Gasteiger partial charge in [-0.05, 0) is 46.7 Å². The largest absolute Gasteiger partial charge is 0.381 e. The highest BCUT2D eigenvalue weighted by Gasteiger charge is 2.21. The monoisotopic (exact) mass is 355 g/mol. The summed E-state index contributed by atoms with van der Waals surface area (Å²) in [6, 6.07) is 7.62. The van der Waals surface area contributed by atoms with E-state index in [1.807, 2.05) is 24.3 Å². The second kappa shape index (κ2) is 5.65. The lowest BCUT2D eigenvalue weighted by molar-refractivity contribution is 0.833. The van der Waals surface area contributed by atoms with Crippen LogP contribution in [0.25, 0.3) is 11.1 Å². The fourth-order valence-electron chi connectivity index (χ4n) is 1.84. The number of anilines is 1. The number of nitrogens with one attached hydrogen (secondary N) is 1. The van der Waals surface area contributed by atoms with Crippen molar-refractivity contribution in [2.24, 2.45) is 0 Å². The fraction of sp³-hybridized carbons (Fsp3) is 0.286. The number of hydrogen-bond donors (Lipinski definition) is 1. The predicted octanol–water partition coefficient (Wildman–Crippen LogP) is 2.77. The molecule has 0 bridgehead atoms. The van der Waals surface area contributed by atoms with Crippen molar-refractivity contribution in [3.8, 4) is 11.1 Å². The van der Waals surface area contributed by atoms with Crippen molar-refractivity contribution in [3.05, 3.63) is 48.3 Å². The topological polar surface area (TPSA) is 46.2 Å². The minimum absolute atomic E-state index is 0.379. The molecule has 0 aliphatic carbocycles. The molecule has 0 aliphatic heterocycles. The molecule has 0 radical (unpaired) electrons. The Morgan fingerprint density at radius 1 is 1.11 bits per heavy atom. The first-order valence-electron chi connectivity index (χ1n) is 5.98. The third-order valence-corrected chi connectivity index (χ3v) is 3.59. The molecule has 0 atom stereocenters. The van der Waals surface area contributed by atoms with E-state index in [1.165, 1.54) is 0 Å². The molecule has 2 aromatic carbocycles. The Balaban J connectivity index is 2.28. The summed E-state index contributed by atoms with van der Waals surface area (Å²) >= 11 is 2.21. The average molecular weight is 355 g/mol.